The largest absolute Gasteiger partial charge is 0.346 e. The standard InChI is InChI=1S/C26H23ClF3N5O2S/c27-20-12-31-22-3-4-24(34-14-17(29)10-23(34)19-9-16(28)1-2-21(19)30)33-26(22)25(20)15-11-32-35(13-15)18-5-7-38(36,37)8-6-18/h1-4,9,11-13,17-18,23H,5-8,10,14H2/t17-,23+/m0/s1. The molecule has 5 heterocycles. The molecule has 2 aliphatic rings. The molecule has 1 aromatic carbocycles. The first-order valence-electron chi connectivity index (χ1n) is 12.2. The van der Waals surface area contributed by atoms with Crippen molar-refractivity contribution in [2.45, 2.75) is 37.5 Å². The molecule has 0 N–H and O–H groups in total. The van der Waals surface area contributed by atoms with Crippen molar-refractivity contribution in [1.82, 2.24) is 19.7 Å². The van der Waals surface area contributed by atoms with Crippen molar-refractivity contribution in [2.24, 2.45) is 0 Å². The summed E-state index contributed by atoms with van der Waals surface area (Å²) in [7, 11) is -3.01. The van der Waals surface area contributed by atoms with Crippen LogP contribution in [0.25, 0.3) is 22.2 Å². The van der Waals surface area contributed by atoms with E-state index < -0.39 is 33.7 Å². The summed E-state index contributed by atoms with van der Waals surface area (Å²) in [5.41, 5.74) is 2.35. The second-order valence-electron chi connectivity index (χ2n) is 9.78. The normalized spacial score (nSPS) is 21.8. The van der Waals surface area contributed by atoms with Gasteiger partial charge in [0.2, 0.25) is 0 Å². The van der Waals surface area contributed by atoms with Gasteiger partial charge in [0.15, 0.2) is 0 Å². The molecule has 6 rings (SSSR count). The lowest BCUT2D eigenvalue weighted by Gasteiger charge is -2.26. The maximum Gasteiger partial charge on any atom is 0.150 e. The number of aromatic nitrogens is 4. The first kappa shape index (κ1) is 25.1. The number of halogens is 4. The van der Waals surface area contributed by atoms with Crippen LogP contribution in [-0.2, 0) is 9.84 Å². The Kier molecular flexibility index (Phi) is 6.30. The molecule has 7 nitrogen and oxygen atoms in total. The molecule has 0 saturated carbocycles. The van der Waals surface area contributed by atoms with Crippen molar-refractivity contribution in [2.75, 3.05) is 23.0 Å². The topological polar surface area (TPSA) is 81.0 Å². The average Bonchev–Trinajstić information content (AvgIpc) is 3.52. The van der Waals surface area contributed by atoms with Crippen LogP contribution < -0.4 is 4.90 Å². The minimum Gasteiger partial charge on any atom is -0.346 e. The molecule has 0 amide bonds. The van der Waals surface area contributed by atoms with Gasteiger partial charge in [-0.05, 0) is 43.2 Å². The molecule has 198 valence electrons. The number of sulfone groups is 1. The zero-order valence-corrected chi connectivity index (χ0v) is 21.6. The third-order valence-corrected chi connectivity index (χ3v) is 9.30. The Hall–Kier alpha value is -3.18. The second kappa shape index (κ2) is 9.53. The number of rotatable bonds is 4. The number of benzene rings is 1. The minimum absolute atomic E-state index is 0.00459. The number of hydrogen-bond acceptors (Lipinski definition) is 6. The van der Waals surface area contributed by atoms with Crippen LogP contribution in [0.4, 0.5) is 19.0 Å². The van der Waals surface area contributed by atoms with Crippen LogP contribution in [0.1, 0.15) is 36.9 Å². The van der Waals surface area contributed by atoms with Crippen LogP contribution in [0, 0.1) is 11.6 Å². The van der Waals surface area contributed by atoms with E-state index in [0.717, 1.165) is 18.2 Å². The molecule has 0 aliphatic carbocycles. The average molecular weight is 562 g/mol. The van der Waals surface area contributed by atoms with Gasteiger partial charge in [0.25, 0.3) is 0 Å². The third-order valence-electron chi connectivity index (χ3n) is 7.30. The zero-order valence-electron chi connectivity index (χ0n) is 20.1. The first-order valence-corrected chi connectivity index (χ1v) is 14.4. The van der Waals surface area contributed by atoms with Gasteiger partial charge in [-0.25, -0.2) is 26.6 Å². The number of alkyl halides is 1. The Balaban J connectivity index is 1.39. The summed E-state index contributed by atoms with van der Waals surface area (Å²) in [5, 5.41) is 4.81. The molecule has 2 aliphatic heterocycles. The van der Waals surface area contributed by atoms with Gasteiger partial charge in [0, 0.05) is 35.5 Å². The van der Waals surface area contributed by atoms with Crippen molar-refractivity contribution in [3.05, 3.63) is 71.1 Å². The lowest BCUT2D eigenvalue weighted by Crippen LogP contribution is -2.25. The molecule has 0 spiro atoms. The van der Waals surface area contributed by atoms with E-state index in [4.69, 9.17) is 16.6 Å². The Labute approximate surface area is 222 Å². The third kappa shape index (κ3) is 4.62. The maximum absolute atomic E-state index is 14.6. The van der Waals surface area contributed by atoms with Crippen molar-refractivity contribution < 1.29 is 21.6 Å². The number of fused-ring (bicyclic) bond motifs is 1. The van der Waals surface area contributed by atoms with Crippen LogP contribution >= 0.6 is 11.6 Å². The zero-order chi connectivity index (χ0) is 26.6. The summed E-state index contributed by atoms with van der Waals surface area (Å²) in [6.07, 6.45) is 4.71. The lowest BCUT2D eigenvalue weighted by atomic mass is 10.0. The Morgan fingerprint density at radius 3 is 2.63 bits per heavy atom. The van der Waals surface area contributed by atoms with E-state index in [1.165, 1.54) is 6.20 Å². The summed E-state index contributed by atoms with van der Waals surface area (Å²) in [6, 6.07) is 5.82. The predicted molar refractivity (Wildman–Crippen MR) is 139 cm³/mol. The lowest BCUT2D eigenvalue weighted by molar-refractivity contribution is 0.355. The van der Waals surface area contributed by atoms with Crippen LogP contribution in [0.2, 0.25) is 5.02 Å². The van der Waals surface area contributed by atoms with E-state index in [0.29, 0.717) is 45.8 Å². The fourth-order valence-corrected chi connectivity index (χ4v) is 7.09. The van der Waals surface area contributed by atoms with E-state index >= 15 is 0 Å². The predicted octanol–water partition coefficient (Wildman–Crippen LogP) is 5.46. The van der Waals surface area contributed by atoms with Gasteiger partial charge in [-0.15, -0.1) is 0 Å². The van der Waals surface area contributed by atoms with Crippen LogP contribution in [-0.4, -0.2) is 52.4 Å². The SMILES string of the molecule is O=S1(=O)CCC(n2cc(-c3c(Cl)cnc4ccc(N5C[C@@H](F)C[C@@H]5c5cc(F)ccc5F)nc34)cn2)CC1. The van der Waals surface area contributed by atoms with Crippen LogP contribution in [0.5, 0.6) is 0 Å². The van der Waals surface area contributed by atoms with Crippen LogP contribution in [0.15, 0.2) is 48.9 Å². The van der Waals surface area contributed by atoms with E-state index in [2.05, 4.69) is 10.1 Å². The molecule has 4 aromatic rings. The maximum atomic E-state index is 14.6. The van der Waals surface area contributed by atoms with E-state index in [1.807, 2.05) is 6.20 Å². The van der Waals surface area contributed by atoms with Gasteiger partial charge in [-0.1, -0.05) is 11.6 Å². The van der Waals surface area contributed by atoms with Gasteiger partial charge < -0.3 is 4.90 Å². The first-order chi connectivity index (χ1) is 18.2. The number of hydrogen-bond donors (Lipinski definition) is 0. The van der Waals surface area contributed by atoms with Crippen LogP contribution in [0.3, 0.4) is 0 Å². The second-order valence-corrected chi connectivity index (χ2v) is 12.5. The van der Waals surface area contributed by atoms with Crippen molar-refractivity contribution in [1.29, 1.82) is 0 Å². The number of pyridine rings is 2. The fourth-order valence-electron chi connectivity index (χ4n) is 5.38. The molecule has 0 radical (unpaired) electrons. The Morgan fingerprint density at radius 2 is 1.84 bits per heavy atom. The van der Waals surface area contributed by atoms with Gasteiger partial charge in [0.05, 0.1) is 46.9 Å². The van der Waals surface area contributed by atoms with Crippen molar-refractivity contribution >= 4 is 38.3 Å². The van der Waals surface area contributed by atoms with Crippen molar-refractivity contribution in [3.8, 4) is 11.1 Å². The Bertz CT molecular complexity index is 1630. The summed E-state index contributed by atoms with van der Waals surface area (Å²) in [6.45, 7) is -0.0228. The smallest absolute Gasteiger partial charge is 0.150 e. The molecule has 0 unspecified atom stereocenters. The van der Waals surface area contributed by atoms with Gasteiger partial charge in [-0.2, -0.15) is 5.10 Å². The molecule has 2 saturated heterocycles. The summed E-state index contributed by atoms with van der Waals surface area (Å²) >= 11 is 6.58. The van der Waals surface area contributed by atoms with Gasteiger partial charge >= 0.3 is 0 Å². The summed E-state index contributed by atoms with van der Waals surface area (Å²) < 4.78 is 68.6. The molecule has 3 aromatic heterocycles. The highest BCUT2D eigenvalue weighted by Gasteiger charge is 2.36. The van der Waals surface area contributed by atoms with Crippen molar-refractivity contribution in [3.63, 3.8) is 0 Å². The molecule has 0 bridgehead atoms. The molecule has 2 atom stereocenters. The molecular weight excluding hydrogens is 539 g/mol. The monoisotopic (exact) mass is 561 g/mol. The highest BCUT2D eigenvalue weighted by atomic mass is 35.5. The summed E-state index contributed by atoms with van der Waals surface area (Å²) in [4.78, 5) is 10.8. The van der Waals surface area contributed by atoms with Gasteiger partial charge in [0.1, 0.15) is 39.0 Å². The van der Waals surface area contributed by atoms with E-state index in [1.54, 1.807) is 27.9 Å². The quantitative estimate of drug-likeness (QED) is 0.329. The molecular formula is C26H23ClF3N5O2S. The number of anilines is 1. The molecule has 38 heavy (non-hydrogen) atoms. The van der Waals surface area contributed by atoms with Gasteiger partial charge in [-0.3, -0.25) is 9.67 Å². The highest BCUT2D eigenvalue weighted by Crippen LogP contribution is 2.40. The summed E-state index contributed by atoms with van der Waals surface area (Å²) in [5.74, 6) is -0.572. The Morgan fingerprint density at radius 1 is 1.05 bits per heavy atom. The fraction of sp³-hybridized carbons (Fsp3) is 0.346. The molecule has 12 heteroatoms. The van der Waals surface area contributed by atoms with E-state index in [9.17, 15) is 21.6 Å². The number of nitrogens with zero attached hydrogens (tertiary/aromatic N) is 5. The minimum atomic E-state index is -3.01. The molecule has 2 fully saturated rings. The van der Waals surface area contributed by atoms with E-state index in [-0.39, 0.29) is 36.1 Å². The highest BCUT2D eigenvalue weighted by molar-refractivity contribution is 7.91.